The van der Waals surface area contributed by atoms with Crippen molar-refractivity contribution in [3.63, 3.8) is 0 Å². The Morgan fingerprint density at radius 2 is 1.64 bits per heavy atom. The molecule has 4 amide bonds. The summed E-state index contributed by atoms with van der Waals surface area (Å²) in [4.78, 5) is 56.7. The van der Waals surface area contributed by atoms with Gasteiger partial charge in [0.15, 0.2) is 0 Å². The Bertz CT molecular complexity index is 1240. The van der Waals surface area contributed by atoms with Crippen LogP contribution < -0.4 is 20.7 Å². The molecule has 3 N–H and O–H groups in total. The van der Waals surface area contributed by atoms with Crippen LogP contribution in [0, 0.1) is 5.92 Å². The minimum Gasteiger partial charge on any atom is -0.491 e. The van der Waals surface area contributed by atoms with Gasteiger partial charge in [-0.05, 0) is 29.2 Å². The molecule has 1 fully saturated rings. The van der Waals surface area contributed by atoms with E-state index < -0.39 is 29.8 Å². The van der Waals surface area contributed by atoms with E-state index in [0.717, 1.165) is 38.4 Å². The molecule has 2 aliphatic heterocycles. The molecule has 1 saturated heterocycles. The molecule has 42 heavy (non-hydrogen) atoms. The van der Waals surface area contributed by atoms with Gasteiger partial charge in [-0.15, -0.1) is 0 Å². The molecular weight excluding hydrogens is 538 g/mol. The monoisotopic (exact) mass is 579 g/mol. The van der Waals surface area contributed by atoms with Gasteiger partial charge in [0.1, 0.15) is 24.4 Å². The van der Waals surface area contributed by atoms with Crippen LogP contribution in [0.3, 0.4) is 0 Å². The molecule has 0 unspecified atom stereocenters. The fourth-order valence-electron chi connectivity index (χ4n) is 4.89. The molecule has 0 radical (unpaired) electrons. The number of morpholine rings is 1. The molecule has 2 aromatic carbocycles. The van der Waals surface area contributed by atoms with E-state index in [-0.39, 0.29) is 43.5 Å². The summed E-state index contributed by atoms with van der Waals surface area (Å²) >= 11 is 0. The number of fused-ring (bicyclic) bond motifs is 1. The number of nitrogens with one attached hydrogen (secondary N) is 3. The van der Waals surface area contributed by atoms with Gasteiger partial charge in [-0.3, -0.25) is 24.1 Å². The first-order valence-corrected chi connectivity index (χ1v) is 14.4. The number of hydrogen-bond donors (Lipinski definition) is 3. The zero-order valence-electron chi connectivity index (χ0n) is 24.6. The molecule has 0 saturated carbocycles. The number of likely N-dealkylation sites (N-methyl/N-ethyl adjacent to an activating group) is 1. The Morgan fingerprint density at radius 1 is 0.952 bits per heavy atom. The van der Waals surface area contributed by atoms with Gasteiger partial charge in [-0.25, -0.2) is 0 Å². The Labute approximate surface area is 246 Å². The van der Waals surface area contributed by atoms with Gasteiger partial charge in [0, 0.05) is 33.2 Å². The molecule has 2 aromatic rings. The van der Waals surface area contributed by atoms with Crippen molar-refractivity contribution >= 4 is 23.6 Å². The molecule has 11 heteroatoms. The Kier molecular flexibility index (Phi) is 10.9. The molecule has 4 rings (SSSR count). The topological polar surface area (TPSA) is 129 Å². The predicted octanol–water partition coefficient (Wildman–Crippen LogP) is 1.32. The summed E-state index contributed by atoms with van der Waals surface area (Å²) in [6.45, 7) is 8.44. The van der Waals surface area contributed by atoms with Crippen molar-refractivity contribution in [2.24, 2.45) is 5.92 Å². The molecule has 2 atom stereocenters. The maximum absolute atomic E-state index is 13.3. The van der Waals surface area contributed by atoms with Crippen LogP contribution in [0.5, 0.6) is 5.75 Å². The number of para-hydroxylation sites is 1. The first kappa shape index (κ1) is 31.0. The Hall–Kier alpha value is -3.96. The van der Waals surface area contributed by atoms with Crippen molar-refractivity contribution in [1.82, 2.24) is 25.8 Å². The molecule has 0 aliphatic carbocycles. The highest BCUT2D eigenvalue weighted by Gasteiger charge is 2.31. The van der Waals surface area contributed by atoms with Crippen molar-refractivity contribution in [1.29, 1.82) is 0 Å². The van der Waals surface area contributed by atoms with E-state index in [9.17, 15) is 19.2 Å². The summed E-state index contributed by atoms with van der Waals surface area (Å²) < 4.78 is 11.3. The molecule has 2 heterocycles. The zero-order chi connectivity index (χ0) is 30.1. The smallest absolute Gasteiger partial charge is 0.255 e. The van der Waals surface area contributed by atoms with Gasteiger partial charge >= 0.3 is 0 Å². The Morgan fingerprint density at radius 3 is 2.36 bits per heavy atom. The van der Waals surface area contributed by atoms with Crippen molar-refractivity contribution < 1.29 is 28.7 Å². The van der Waals surface area contributed by atoms with Crippen LogP contribution in [-0.2, 0) is 32.2 Å². The maximum atomic E-state index is 13.3. The van der Waals surface area contributed by atoms with Crippen LogP contribution in [0.15, 0.2) is 48.5 Å². The van der Waals surface area contributed by atoms with Crippen LogP contribution in [0.2, 0.25) is 0 Å². The van der Waals surface area contributed by atoms with Crippen LogP contribution in [0.4, 0.5) is 0 Å². The summed E-state index contributed by atoms with van der Waals surface area (Å²) in [6, 6.07) is 12.7. The number of hydrogen-bond acceptors (Lipinski definition) is 7. The second-order valence-electron chi connectivity index (χ2n) is 11.0. The van der Waals surface area contributed by atoms with Gasteiger partial charge in [-0.1, -0.05) is 50.2 Å². The molecule has 0 spiro atoms. The number of carbonyl (C=O) groups is 4. The SMILES string of the molecule is CC(C)[C@H]1NC(=O)C[C@@H](C(=O)NCc2ccc(CN3CCOCC3)cc2)NC(=O)c2ccccc2OCCN(C)C1=O. The first-order valence-electron chi connectivity index (χ1n) is 14.4. The van der Waals surface area contributed by atoms with E-state index in [1.165, 1.54) is 10.5 Å². The van der Waals surface area contributed by atoms with Crippen LogP contribution in [0.1, 0.15) is 41.8 Å². The number of benzene rings is 2. The van der Waals surface area contributed by atoms with Crippen LogP contribution in [0.25, 0.3) is 0 Å². The number of ether oxygens (including phenoxy) is 2. The second-order valence-corrected chi connectivity index (χ2v) is 11.0. The van der Waals surface area contributed by atoms with E-state index >= 15 is 0 Å². The van der Waals surface area contributed by atoms with Crippen molar-refractivity contribution in [3.8, 4) is 5.75 Å². The van der Waals surface area contributed by atoms with E-state index in [4.69, 9.17) is 9.47 Å². The highest BCUT2D eigenvalue weighted by atomic mass is 16.5. The lowest BCUT2D eigenvalue weighted by Gasteiger charge is -2.28. The quantitative estimate of drug-likeness (QED) is 0.471. The van der Waals surface area contributed by atoms with E-state index in [1.54, 1.807) is 31.3 Å². The lowest BCUT2D eigenvalue weighted by molar-refractivity contribution is -0.137. The third-order valence-electron chi connectivity index (χ3n) is 7.45. The average Bonchev–Trinajstić information content (AvgIpc) is 2.98. The van der Waals surface area contributed by atoms with Crippen molar-refractivity contribution in [2.75, 3.05) is 46.5 Å². The lowest BCUT2D eigenvalue weighted by atomic mass is 10.0. The summed E-state index contributed by atoms with van der Waals surface area (Å²) in [5.74, 6) is -1.67. The number of carbonyl (C=O) groups excluding carboxylic acids is 4. The largest absolute Gasteiger partial charge is 0.491 e. The minimum atomic E-state index is -1.17. The molecule has 2 aliphatic rings. The fraction of sp³-hybridized carbons (Fsp3) is 0.484. The highest BCUT2D eigenvalue weighted by Crippen LogP contribution is 2.19. The summed E-state index contributed by atoms with van der Waals surface area (Å²) in [7, 11) is 1.64. The fourth-order valence-corrected chi connectivity index (χ4v) is 4.89. The van der Waals surface area contributed by atoms with E-state index in [0.29, 0.717) is 5.75 Å². The molecule has 226 valence electrons. The zero-order valence-corrected chi connectivity index (χ0v) is 24.6. The summed E-state index contributed by atoms with van der Waals surface area (Å²) in [6.07, 6.45) is -0.334. The molecule has 11 nitrogen and oxygen atoms in total. The van der Waals surface area contributed by atoms with Gasteiger partial charge < -0.3 is 30.3 Å². The van der Waals surface area contributed by atoms with Gasteiger partial charge in [0.25, 0.3) is 5.91 Å². The summed E-state index contributed by atoms with van der Waals surface area (Å²) in [5.41, 5.74) is 2.29. The van der Waals surface area contributed by atoms with Gasteiger partial charge in [-0.2, -0.15) is 0 Å². The van der Waals surface area contributed by atoms with E-state index in [1.807, 2.05) is 38.1 Å². The minimum absolute atomic E-state index is 0.153. The number of amides is 4. The molecule has 0 bridgehead atoms. The highest BCUT2D eigenvalue weighted by molar-refractivity contribution is 6.01. The van der Waals surface area contributed by atoms with Gasteiger partial charge in [0.2, 0.25) is 17.7 Å². The number of rotatable bonds is 6. The Balaban J connectivity index is 1.47. The third kappa shape index (κ3) is 8.53. The van der Waals surface area contributed by atoms with Crippen molar-refractivity contribution in [2.45, 2.75) is 45.4 Å². The summed E-state index contributed by atoms with van der Waals surface area (Å²) in [5, 5.41) is 8.33. The maximum Gasteiger partial charge on any atom is 0.255 e. The molecule has 0 aromatic heterocycles. The normalized spacial score (nSPS) is 21.0. The van der Waals surface area contributed by atoms with Crippen LogP contribution in [-0.4, -0.2) is 92.0 Å². The average molecular weight is 580 g/mol. The first-order chi connectivity index (χ1) is 20.2. The molecular formula is C31H41N5O6. The predicted molar refractivity (Wildman–Crippen MR) is 157 cm³/mol. The second kappa shape index (κ2) is 14.8. The lowest BCUT2D eigenvalue weighted by Crippen LogP contribution is -2.54. The number of nitrogens with zero attached hydrogens (tertiary/aromatic N) is 2. The third-order valence-corrected chi connectivity index (χ3v) is 7.45. The van der Waals surface area contributed by atoms with Gasteiger partial charge in [0.05, 0.1) is 31.7 Å². The van der Waals surface area contributed by atoms with Crippen molar-refractivity contribution in [3.05, 3.63) is 65.2 Å². The van der Waals surface area contributed by atoms with E-state index in [2.05, 4.69) is 20.9 Å². The van der Waals surface area contributed by atoms with Crippen LogP contribution >= 0.6 is 0 Å². The standard InChI is InChI=1S/C31H41N5O6/c1-21(2)28-31(40)35(3)12-17-42-26-7-5-4-6-24(26)29(38)33-25(18-27(37)34-28)30(39)32-19-22-8-10-23(11-9-22)20-36-13-15-41-16-14-36/h4-11,21,25,28H,12-20H2,1-3H3,(H,32,39)(H,33,38)(H,34,37)/t25-,28+/m0/s1.